The minimum absolute atomic E-state index is 0.111. The van der Waals surface area contributed by atoms with E-state index in [9.17, 15) is 13.5 Å². The van der Waals surface area contributed by atoms with Gasteiger partial charge in [0.1, 0.15) is 11.4 Å². The van der Waals surface area contributed by atoms with Gasteiger partial charge in [-0.15, -0.1) is 0 Å². The van der Waals surface area contributed by atoms with E-state index in [1.807, 2.05) is 0 Å². The first-order valence-corrected chi connectivity index (χ1v) is 7.91. The lowest BCUT2D eigenvalue weighted by molar-refractivity contribution is -0.0201. The number of amidine groups is 1. The first-order valence-electron chi connectivity index (χ1n) is 6.43. The van der Waals surface area contributed by atoms with E-state index in [2.05, 4.69) is 9.71 Å². The fraction of sp³-hybridized carbons (Fsp3) is 0.462. The van der Waals surface area contributed by atoms with Gasteiger partial charge < -0.3 is 9.84 Å². The van der Waals surface area contributed by atoms with Crippen LogP contribution in [0.4, 0.5) is 0 Å². The highest BCUT2D eigenvalue weighted by atomic mass is 32.2. The van der Waals surface area contributed by atoms with Crippen molar-refractivity contribution in [1.82, 2.24) is 4.72 Å². The Morgan fingerprint density at radius 3 is 2.95 bits per heavy atom. The summed E-state index contributed by atoms with van der Waals surface area (Å²) in [6.07, 6.45) is 0.194. The van der Waals surface area contributed by atoms with Crippen molar-refractivity contribution in [2.75, 3.05) is 13.2 Å². The molecular formula is C13H16N2O4S. The van der Waals surface area contributed by atoms with Crippen molar-refractivity contribution in [2.24, 2.45) is 4.99 Å². The van der Waals surface area contributed by atoms with E-state index in [0.29, 0.717) is 18.6 Å². The molecule has 1 aromatic rings. The first-order chi connectivity index (χ1) is 9.42. The van der Waals surface area contributed by atoms with Crippen LogP contribution in [0.25, 0.3) is 0 Å². The van der Waals surface area contributed by atoms with E-state index in [1.165, 1.54) is 6.07 Å². The van der Waals surface area contributed by atoms with Gasteiger partial charge in [0.15, 0.2) is 0 Å². The molecule has 7 heteroatoms. The van der Waals surface area contributed by atoms with Crippen molar-refractivity contribution in [1.29, 1.82) is 0 Å². The van der Waals surface area contributed by atoms with Crippen LogP contribution in [0.15, 0.2) is 34.2 Å². The maximum atomic E-state index is 11.9. The van der Waals surface area contributed by atoms with E-state index < -0.39 is 15.6 Å². The average molecular weight is 296 g/mol. The van der Waals surface area contributed by atoms with Crippen LogP contribution in [0.2, 0.25) is 0 Å². The number of hydrogen-bond donors (Lipinski definition) is 2. The molecule has 0 bridgehead atoms. The molecule has 20 heavy (non-hydrogen) atoms. The van der Waals surface area contributed by atoms with Crippen molar-refractivity contribution in [3.8, 4) is 0 Å². The van der Waals surface area contributed by atoms with Gasteiger partial charge in [-0.2, -0.15) is 0 Å². The smallest absolute Gasteiger partial charge is 0.263 e. The fourth-order valence-corrected chi connectivity index (χ4v) is 3.70. The molecule has 2 aliphatic heterocycles. The van der Waals surface area contributed by atoms with Gasteiger partial charge in [-0.3, -0.25) is 9.71 Å². The van der Waals surface area contributed by atoms with Crippen molar-refractivity contribution in [2.45, 2.75) is 29.9 Å². The molecule has 2 heterocycles. The second-order valence-electron chi connectivity index (χ2n) is 5.13. The maximum Gasteiger partial charge on any atom is 0.263 e. The standard InChI is InChI=1S/C13H16N2O4S/c1-9-13(16,6-7-19-9)8-14-12-10-4-2-3-5-11(10)20(17,18)15-12/h2-5,9,16H,6-8H2,1H3,(H,14,15). The number of sulfonamides is 1. The number of hydrogen-bond acceptors (Lipinski definition) is 5. The maximum absolute atomic E-state index is 11.9. The lowest BCUT2D eigenvalue weighted by Gasteiger charge is -2.23. The van der Waals surface area contributed by atoms with E-state index in [1.54, 1.807) is 25.1 Å². The molecule has 0 aromatic heterocycles. The molecule has 2 aliphatic rings. The van der Waals surface area contributed by atoms with Crippen LogP contribution in [0.3, 0.4) is 0 Å². The second kappa shape index (κ2) is 4.54. The second-order valence-corrected chi connectivity index (χ2v) is 6.78. The highest BCUT2D eigenvalue weighted by Crippen LogP contribution is 2.27. The number of nitrogens with zero attached hydrogens (tertiary/aromatic N) is 1. The molecule has 2 N–H and O–H groups in total. The van der Waals surface area contributed by atoms with E-state index in [-0.39, 0.29) is 23.4 Å². The number of aliphatic imine (C=N–C) groups is 1. The molecule has 0 radical (unpaired) electrons. The monoisotopic (exact) mass is 296 g/mol. The Bertz CT molecular complexity index is 671. The number of ether oxygens (including phenoxy) is 1. The van der Waals surface area contributed by atoms with Crippen molar-refractivity contribution in [3.63, 3.8) is 0 Å². The number of fused-ring (bicyclic) bond motifs is 1. The third kappa shape index (κ3) is 2.11. The van der Waals surface area contributed by atoms with Crippen molar-refractivity contribution >= 4 is 15.9 Å². The summed E-state index contributed by atoms with van der Waals surface area (Å²) in [6.45, 7) is 2.39. The number of nitrogens with one attached hydrogen (secondary N) is 1. The zero-order chi connectivity index (χ0) is 14.4. The van der Waals surface area contributed by atoms with Gasteiger partial charge in [0.25, 0.3) is 10.0 Å². The summed E-state index contributed by atoms with van der Waals surface area (Å²) in [5, 5.41) is 10.4. The molecule has 1 aromatic carbocycles. The molecule has 108 valence electrons. The quantitative estimate of drug-likeness (QED) is 0.819. The molecule has 1 saturated heterocycles. The summed E-state index contributed by atoms with van der Waals surface area (Å²) in [7, 11) is -3.53. The Labute approximate surface area is 117 Å². The van der Waals surface area contributed by atoms with Gasteiger partial charge in [-0.1, -0.05) is 12.1 Å². The number of rotatable bonds is 2. The topological polar surface area (TPSA) is 88.0 Å². The van der Waals surface area contributed by atoms with E-state index in [4.69, 9.17) is 4.74 Å². The van der Waals surface area contributed by atoms with Gasteiger partial charge in [0.2, 0.25) is 0 Å². The van der Waals surface area contributed by atoms with Crippen molar-refractivity contribution in [3.05, 3.63) is 29.8 Å². The van der Waals surface area contributed by atoms with Gasteiger partial charge in [0.05, 0.1) is 17.5 Å². The van der Waals surface area contributed by atoms with E-state index in [0.717, 1.165) is 0 Å². The number of aliphatic hydroxyl groups is 1. The van der Waals surface area contributed by atoms with Gasteiger partial charge >= 0.3 is 0 Å². The minimum Gasteiger partial charge on any atom is -0.385 e. The highest BCUT2D eigenvalue weighted by Gasteiger charge is 2.40. The summed E-state index contributed by atoms with van der Waals surface area (Å²) < 4.78 is 31.6. The molecule has 2 atom stereocenters. The molecule has 0 aliphatic carbocycles. The van der Waals surface area contributed by atoms with E-state index >= 15 is 0 Å². The molecular weight excluding hydrogens is 280 g/mol. The van der Waals surface area contributed by atoms with Crippen LogP contribution in [-0.4, -0.2) is 44.2 Å². The summed E-state index contributed by atoms with van der Waals surface area (Å²) in [5.74, 6) is 0.285. The molecule has 1 fully saturated rings. The Hall–Kier alpha value is -1.44. The predicted molar refractivity (Wildman–Crippen MR) is 73.1 cm³/mol. The molecule has 0 amide bonds. The zero-order valence-electron chi connectivity index (χ0n) is 11.0. The molecule has 3 rings (SSSR count). The highest BCUT2D eigenvalue weighted by molar-refractivity contribution is 7.90. The third-order valence-corrected chi connectivity index (χ3v) is 5.23. The van der Waals surface area contributed by atoms with Crippen molar-refractivity contribution < 1.29 is 18.3 Å². The van der Waals surface area contributed by atoms with Crippen LogP contribution in [0.5, 0.6) is 0 Å². The van der Waals surface area contributed by atoms with Crippen LogP contribution >= 0.6 is 0 Å². The predicted octanol–water partition coefficient (Wildman–Crippen LogP) is 0.265. The molecule has 0 spiro atoms. The summed E-state index contributed by atoms with van der Waals surface area (Å²) >= 11 is 0. The van der Waals surface area contributed by atoms with Crippen LogP contribution in [0, 0.1) is 0 Å². The number of benzene rings is 1. The zero-order valence-corrected chi connectivity index (χ0v) is 11.9. The largest absolute Gasteiger partial charge is 0.385 e. The lowest BCUT2D eigenvalue weighted by Crippen LogP contribution is -2.40. The average Bonchev–Trinajstić information content (AvgIpc) is 2.87. The van der Waals surface area contributed by atoms with Crippen LogP contribution < -0.4 is 4.72 Å². The van der Waals surface area contributed by atoms with Gasteiger partial charge in [-0.25, -0.2) is 8.42 Å². The third-order valence-electron chi connectivity index (χ3n) is 3.83. The SMILES string of the molecule is CC1OCCC1(O)CN=C1NS(=O)(=O)c2ccccc21. The fourth-order valence-electron chi connectivity index (χ4n) is 2.45. The Balaban J connectivity index is 1.91. The molecule has 0 saturated carbocycles. The molecule has 6 nitrogen and oxygen atoms in total. The first kappa shape index (κ1) is 13.5. The molecule has 2 unspecified atom stereocenters. The Morgan fingerprint density at radius 2 is 2.25 bits per heavy atom. The van der Waals surface area contributed by atoms with Crippen LogP contribution in [-0.2, 0) is 14.8 Å². The van der Waals surface area contributed by atoms with Crippen LogP contribution in [0.1, 0.15) is 18.9 Å². The Kier molecular flexibility index (Phi) is 3.07. The van der Waals surface area contributed by atoms with Gasteiger partial charge in [-0.05, 0) is 19.1 Å². The van der Waals surface area contributed by atoms with Gasteiger partial charge in [0, 0.05) is 18.6 Å². The lowest BCUT2D eigenvalue weighted by atomic mass is 9.97. The summed E-state index contributed by atoms with van der Waals surface area (Å²) in [6, 6.07) is 6.66. The summed E-state index contributed by atoms with van der Waals surface area (Å²) in [5.41, 5.74) is -0.488. The normalized spacial score (nSPS) is 33.1. The summed E-state index contributed by atoms with van der Waals surface area (Å²) in [4.78, 5) is 4.48. The Morgan fingerprint density at radius 1 is 1.50 bits per heavy atom. The minimum atomic E-state index is -3.53.